The van der Waals surface area contributed by atoms with Gasteiger partial charge in [-0.2, -0.15) is 0 Å². The van der Waals surface area contributed by atoms with Gasteiger partial charge in [0.1, 0.15) is 34.5 Å². The molecule has 0 fully saturated rings. The third-order valence-corrected chi connectivity index (χ3v) is 9.94. The molecule has 12 heteroatoms. The topological polar surface area (TPSA) is 77.1 Å². The van der Waals surface area contributed by atoms with Gasteiger partial charge >= 0.3 is 0 Å². The van der Waals surface area contributed by atoms with Gasteiger partial charge in [0.2, 0.25) is 0 Å². The summed E-state index contributed by atoms with van der Waals surface area (Å²) < 4.78 is 38.9. The fourth-order valence-electron chi connectivity index (χ4n) is 7.05. The van der Waals surface area contributed by atoms with Crippen LogP contribution in [0, 0.1) is 18.6 Å². The standard InChI is InChI=1S/C44H39ClF2N8O/c1-5-22-52-40-25-31(46)13-19-37(40)50-43(52)29-11-20-39(35(45)24-29)54(33-14-10-28(3)48-27-33)55(32-15-17-34(56-4)18-16-32)41-21-12-30(26-49-41)44-51-38-9-7-8-36(47)42(38)53(44)23-6-2/h7-21,24-27H,5-6,22-23H2,1-4H3. The Hall–Kier alpha value is -6.33. The van der Waals surface area contributed by atoms with E-state index in [1.165, 1.54) is 18.2 Å². The molecule has 8 rings (SSSR count). The van der Waals surface area contributed by atoms with Crippen molar-refractivity contribution in [2.24, 2.45) is 0 Å². The lowest BCUT2D eigenvalue weighted by molar-refractivity contribution is 0.415. The number of methoxy groups -OCH3 is 1. The summed E-state index contributed by atoms with van der Waals surface area (Å²) in [5.41, 5.74) is 7.01. The van der Waals surface area contributed by atoms with Gasteiger partial charge in [-0.25, -0.2) is 33.8 Å². The van der Waals surface area contributed by atoms with E-state index >= 15 is 4.39 Å². The zero-order valence-corrected chi connectivity index (χ0v) is 32.2. The fraction of sp³-hybridized carbons (Fsp3) is 0.182. The van der Waals surface area contributed by atoms with E-state index in [9.17, 15) is 4.39 Å². The van der Waals surface area contributed by atoms with Gasteiger partial charge in [-0.15, -0.1) is 0 Å². The molecule has 0 aliphatic heterocycles. The number of nitrogens with zero attached hydrogens (tertiary/aromatic N) is 8. The molecular weight excluding hydrogens is 730 g/mol. The number of aryl methyl sites for hydroxylation is 3. The Balaban J connectivity index is 1.28. The van der Waals surface area contributed by atoms with Crippen LogP contribution in [0.25, 0.3) is 44.8 Å². The summed E-state index contributed by atoms with van der Waals surface area (Å²) in [5.74, 6) is 1.97. The number of imidazole rings is 2. The molecule has 0 spiro atoms. The number of para-hydroxylation sites is 1. The summed E-state index contributed by atoms with van der Waals surface area (Å²) in [6, 6.07) is 30.8. The number of pyridine rings is 2. The maximum atomic E-state index is 15.1. The SMILES string of the molecule is CCCn1c(-c2ccc(N(c3ccc(C)nc3)N(c3ccc(OC)cc3)c3ccc(-c4nc5cccc(F)c5n4CCC)cn3)c(Cl)c2)nc2ccc(F)cc21. The highest BCUT2D eigenvalue weighted by molar-refractivity contribution is 6.33. The highest BCUT2D eigenvalue weighted by Gasteiger charge is 2.26. The summed E-state index contributed by atoms with van der Waals surface area (Å²) in [5, 5.41) is 4.36. The molecular formula is C44H39ClF2N8O. The predicted molar refractivity (Wildman–Crippen MR) is 220 cm³/mol. The van der Waals surface area contributed by atoms with Crippen LogP contribution in [-0.2, 0) is 13.1 Å². The lowest BCUT2D eigenvalue weighted by atomic mass is 10.1. The Morgan fingerprint density at radius 2 is 1.43 bits per heavy atom. The van der Waals surface area contributed by atoms with Gasteiger partial charge in [-0.1, -0.05) is 31.5 Å². The summed E-state index contributed by atoms with van der Waals surface area (Å²) >= 11 is 7.31. The molecule has 0 saturated heterocycles. The van der Waals surface area contributed by atoms with Crippen molar-refractivity contribution < 1.29 is 13.5 Å². The number of hydrazine groups is 1. The molecule has 4 aromatic heterocycles. The minimum absolute atomic E-state index is 0.313. The number of hydrogen-bond acceptors (Lipinski definition) is 7. The van der Waals surface area contributed by atoms with Crippen LogP contribution in [0.4, 0.5) is 31.7 Å². The van der Waals surface area contributed by atoms with E-state index in [4.69, 9.17) is 31.3 Å². The molecule has 0 unspecified atom stereocenters. The molecule has 0 amide bonds. The average molecular weight is 769 g/mol. The van der Waals surface area contributed by atoms with E-state index in [0.29, 0.717) is 63.6 Å². The molecule has 0 bridgehead atoms. The maximum absolute atomic E-state index is 15.1. The second kappa shape index (κ2) is 15.4. The largest absolute Gasteiger partial charge is 0.497 e. The van der Waals surface area contributed by atoms with Gasteiger partial charge in [-0.05, 0) is 117 Å². The Morgan fingerprint density at radius 1 is 0.696 bits per heavy atom. The predicted octanol–water partition coefficient (Wildman–Crippen LogP) is 11.5. The van der Waals surface area contributed by atoms with Crippen molar-refractivity contribution in [1.82, 2.24) is 29.1 Å². The molecule has 0 aliphatic carbocycles. The van der Waals surface area contributed by atoms with Crippen molar-refractivity contribution in [3.8, 4) is 28.5 Å². The number of halogens is 3. The number of benzene rings is 4. The van der Waals surface area contributed by atoms with E-state index in [2.05, 4.69) is 18.8 Å². The minimum atomic E-state index is -0.314. The zero-order chi connectivity index (χ0) is 38.9. The quantitative estimate of drug-likeness (QED) is 0.115. The number of aromatic nitrogens is 6. The van der Waals surface area contributed by atoms with Crippen molar-refractivity contribution in [1.29, 1.82) is 0 Å². The van der Waals surface area contributed by atoms with Crippen LogP contribution in [0.2, 0.25) is 5.02 Å². The molecule has 4 aromatic carbocycles. The van der Waals surface area contributed by atoms with Crippen molar-refractivity contribution in [2.75, 3.05) is 17.1 Å². The number of fused-ring (bicyclic) bond motifs is 2. The fourth-order valence-corrected chi connectivity index (χ4v) is 7.31. The second-order valence-corrected chi connectivity index (χ2v) is 13.9. The molecule has 282 valence electrons. The Kier molecular flexibility index (Phi) is 10.1. The third kappa shape index (κ3) is 6.79. The molecule has 8 aromatic rings. The van der Waals surface area contributed by atoms with E-state index in [1.807, 2.05) is 98.9 Å². The van der Waals surface area contributed by atoms with Crippen molar-refractivity contribution in [3.05, 3.63) is 138 Å². The van der Waals surface area contributed by atoms with E-state index in [-0.39, 0.29) is 11.6 Å². The summed E-state index contributed by atoms with van der Waals surface area (Å²) in [6.07, 6.45) is 5.19. The Labute approximate surface area is 328 Å². The maximum Gasteiger partial charge on any atom is 0.152 e. The van der Waals surface area contributed by atoms with Gasteiger partial charge in [-0.3, -0.25) is 4.98 Å². The first-order valence-corrected chi connectivity index (χ1v) is 18.9. The van der Waals surface area contributed by atoms with Crippen LogP contribution in [0.15, 0.2) is 116 Å². The van der Waals surface area contributed by atoms with Crippen LogP contribution in [0.5, 0.6) is 5.75 Å². The van der Waals surface area contributed by atoms with Gasteiger partial charge in [0.25, 0.3) is 0 Å². The second-order valence-electron chi connectivity index (χ2n) is 13.5. The normalized spacial score (nSPS) is 11.4. The van der Waals surface area contributed by atoms with Crippen LogP contribution < -0.4 is 14.8 Å². The van der Waals surface area contributed by atoms with Crippen LogP contribution >= 0.6 is 11.6 Å². The molecule has 56 heavy (non-hydrogen) atoms. The number of anilines is 4. The van der Waals surface area contributed by atoms with Crippen molar-refractivity contribution >= 4 is 56.5 Å². The van der Waals surface area contributed by atoms with Crippen LogP contribution in [-0.4, -0.2) is 36.2 Å². The van der Waals surface area contributed by atoms with Gasteiger partial charge in [0.05, 0.1) is 51.9 Å². The van der Waals surface area contributed by atoms with E-state index in [1.54, 1.807) is 31.6 Å². The molecule has 0 radical (unpaired) electrons. The van der Waals surface area contributed by atoms with Crippen molar-refractivity contribution in [3.63, 3.8) is 0 Å². The molecule has 0 N–H and O–H groups in total. The highest BCUT2D eigenvalue weighted by Crippen LogP contribution is 2.42. The monoisotopic (exact) mass is 768 g/mol. The lowest BCUT2D eigenvalue weighted by Crippen LogP contribution is -2.36. The van der Waals surface area contributed by atoms with Gasteiger partial charge < -0.3 is 13.9 Å². The molecule has 4 heterocycles. The molecule has 0 saturated carbocycles. The Morgan fingerprint density at radius 3 is 2.12 bits per heavy atom. The summed E-state index contributed by atoms with van der Waals surface area (Å²) in [6.45, 7) is 7.32. The third-order valence-electron chi connectivity index (χ3n) is 9.64. The van der Waals surface area contributed by atoms with Gasteiger partial charge in [0, 0.05) is 36.1 Å². The number of ether oxygens (including phenoxy) is 1. The molecule has 0 aliphatic rings. The Bertz CT molecular complexity index is 2660. The van der Waals surface area contributed by atoms with E-state index < -0.39 is 0 Å². The smallest absolute Gasteiger partial charge is 0.152 e. The summed E-state index contributed by atoms with van der Waals surface area (Å²) in [4.78, 5) is 19.4. The first-order valence-electron chi connectivity index (χ1n) is 18.5. The summed E-state index contributed by atoms with van der Waals surface area (Å²) in [7, 11) is 1.63. The first-order chi connectivity index (χ1) is 27.3. The van der Waals surface area contributed by atoms with Crippen LogP contribution in [0.1, 0.15) is 32.4 Å². The average Bonchev–Trinajstić information content (AvgIpc) is 3.77. The first kappa shape index (κ1) is 36.6. The number of hydrogen-bond donors (Lipinski definition) is 0. The molecule has 0 atom stereocenters. The minimum Gasteiger partial charge on any atom is -0.497 e. The molecule has 9 nitrogen and oxygen atoms in total. The number of rotatable bonds is 12. The van der Waals surface area contributed by atoms with Gasteiger partial charge in [0.15, 0.2) is 5.82 Å². The lowest BCUT2D eigenvalue weighted by Gasteiger charge is -2.38. The highest BCUT2D eigenvalue weighted by atomic mass is 35.5. The van der Waals surface area contributed by atoms with E-state index in [0.717, 1.165) is 46.6 Å². The van der Waals surface area contributed by atoms with Crippen LogP contribution in [0.3, 0.4) is 0 Å². The van der Waals surface area contributed by atoms with Crippen molar-refractivity contribution in [2.45, 2.75) is 46.7 Å². The zero-order valence-electron chi connectivity index (χ0n) is 31.4.